The molecular weight excluding hydrogens is 220 g/mol. The Bertz CT molecular complexity index is 302. The summed E-state index contributed by atoms with van der Waals surface area (Å²) in [5.74, 6) is -0.212. The number of amides is 1. The highest BCUT2D eigenvalue weighted by molar-refractivity contribution is 5.78. The van der Waals surface area contributed by atoms with Gasteiger partial charge < -0.3 is 15.3 Å². The number of rotatable bonds is 6. The predicted octanol–water partition coefficient (Wildman–Crippen LogP) is 0.452. The number of nitrogens with zero attached hydrogens (tertiary/aromatic N) is 1. The molecule has 0 radical (unpaired) electrons. The lowest BCUT2D eigenvalue weighted by Gasteiger charge is -2.16. The fourth-order valence-corrected chi connectivity index (χ4v) is 2.25. The van der Waals surface area contributed by atoms with E-state index in [0.717, 1.165) is 19.5 Å². The summed E-state index contributed by atoms with van der Waals surface area (Å²) in [6.45, 7) is 1.96. The topological polar surface area (TPSA) is 69.6 Å². The number of carboxylic acids is 1. The molecule has 1 aliphatic carbocycles. The molecule has 0 spiro atoms. The monoisotopic (exact) mass is 240 g/mol. The van der Waals surface area contributed by atoms with Crippen LogP contribution in [0.2, 0.25) is 0 Å². The van der Waals surface area contributed by atoms with Crippen LogP contribution in [-0.4, -0.2) is 47.6 Å². The largest absolute Gasteiger partial charge is 0.481 e. The Hall–Kier alpha value is -1.10. The van der Waals surface area contributed by atoms with E-state index in [9.17, 15) is 9.59 Å². The number of likely N-dealkylation sites (tertiary alicyclic amines) is 1. The van der Waals surface area contributed by atoms with Crippen LogP contribution in [-0.2, 0) is 9.59 Å². The normalized spacial score (nSPS) is 24.0. The van der Waals surface area contributed by atoms with Gasteiger partial charge in [0.25, 0.3) is 0 Å². The van der Waals surface area contributed by atoms with Gasteiger partial charge in [-0.3, -0.25) is 9.59 Å². The summed E-state index contributed by atoms with van der Waals surface area (Å²) in [6, 6.07) is 0.560. The minimum Gasteiger partial charge on any atom is -0.481 e. The number of carbonyl (C=O) groups excluding carboxylic acids is 1. The van der Waals surface area contributed by atoms with Crippen LogP contribution in [0.15, 0.2) is 0 Å². The van der Waals surface area contributed by atoms with E-state index in [-0.39, 0.29) is 12.3 Å². The van der Waals surface area contributed by atoms with E-state index in [1.54, 1.807) is 0 Å². The highest BCUT2D eigenvalue weighted by Crippen LogP contribution is 2.21. The first-order chi connectivity index (χ1) is 8.15. The van der Waals surface area contributed by atoms with E-state index >= 15 is 0 Å². The quantitative estimate of drug-likeness (QED) is 0.707. The molecule has 0 aromatic heterocycles. The van der Waals surface area contributed by atoms with Gasteiger partial charge in [0.15, 0.2) is 0 Å². The molecule has 17 heavy (non-hydrogen) atoms. The van der Waals surface area contributed by atoms with Crippen molar-refractivity contribution >= 4 is 11.9 Å². The smallest absolute Gasteiger partial charge is 0.303 e. The van der Waals surface area contributed by atoms with Crippen LogP contribution >= 0.6 is 0 Å². The van der Waals surface area contributed by atoms with Gasteiger partial charge in [0, 0.05) is 25.6 Å². The van der Waals surface area contributed by atoms with E-state index < -0.39 is 5.97 Å². The van der Waals surface area contributed by atoms with E-state index in [4.69, 9.17) is 5.11 Å². The third kappa shape index (κ3) is 4.00. The van der Waals surface area contributed by atoms with Crippen molar-refractivity contribution in [3.63, 3.8) is 0 Å². The average molecular weight is 240 g/mol. The minimum atomic E-state index is -0.745. The molecule has 0 bridgehead atoms. The average Bonchev–Trinajstić information content (AvgIpc) is 3.00. The van der Waals surface area contributed by atoms with Crippen molar-refractivity contribution in [1.29, 1.82) is 0 Å². The van der Waals surface area contributed by atoms with E-state index in [0.29, 0.717) is 24.9 Å². The van der Waals surface area contributed by atoms with Gasteiger partial charge in [-0.25, -0.2) is 0 Å². The van der Waals surface area contributed by atoms with Crippen molar-refractivity contribution in [2.75, 3.05) is 19.6 Å². The summed E-state index contributed by atoms with van der Waals surface area (Å²) in [7, 11) is 0. The Balaban J connectivity index is 1.65. The zero-order valence-corrected chi connectivity index (χ0v) is 10.0. The maximum absolute atomic E-state index is 11.8. The lowest BCUT2D eigenvalue weighted by atomic mass is 10.0. The molecule has 2 aliphatic rings. The summed E-state index contributed by atoms with van der Waals surface area (Å²) >= 11 is 0. The Morgan fingerprint density at radius 2 is 2.06 bits per heavy atom. The zero-order chi connectivity index (χ0) is 12.3. The van der Waals surface area contributed by atoms with Gasteiger partial charge in [-0.05, 0) is 31.6 Å². The molecular formula is C12H20N2O3. The molecule has 1 saturated carbocycles. The second-order valence-corrected chi connectivity index (χ2v) is 5.08. The maximum atomic E-state index is 11.8. The van der Waals surface area contributed by atoms with E-state index in [1.165, 1.54) is 12.8 Å². The number of hydrogen-bond acceptors (Lipinski definition) is 3. The van der Waals surface area contributed by atoms with Gasteiger partial charge in [0.05, 0.1) is 6.54 Å². The molecule has 1 saturated heterocycles. The van der Waals surface area contributed by atoms with Gasteiger partial charge in [0.2, 0.25) is 5.91 Å². The highest BCUT2D eigenvalue weighted by Gasteiger charge is 2.28. The minimum absolute atomic E-state index is 0.162. The second kappa shape index (κ2) is 5.49. The summed E-state index contributed by atoms with van der Waals surface area (Å²) < 4.78 is 0. The molecule has 2 rings (SSSR count). The molecule has 96 valence electrons. The van der Waals surface area contributed by atoms with Gasteiger partial charge in [0.1, 0.15) is 0 Å². The van der Waals surface area contributed by atoms with Crippen molar-refractivity contribution < 1.29 is 14.7 Å². The van der Waals surface area contributed by atoms with Crippen LogP contribution < -0.4 is 5.32 Å². The Morgan fingerprint density at radius 3 is 2.71 bits per heavy atom. The number of carbonyl (C=O) groups is 2. The Kier molecular flexibility index (Phi) is 3.99. The Morgan fingerprint density at radius 1 is 1.29 bits per heavy atom. The van der Waals surface area contributed by atoms with Crippen molar-refractivity contribution in [2.24, 2.45) is 5.92 Å². The molecule has 1 amide bonds. The molecule has 1 unspecified atom stereocenters. The lowest BCUT2D eigenvalue weighted by Crippen LogP contribution is -2.37. The zero-order valence-electron chi connectivity index (χ0n) is 10.0. The van der Waals surface area contributed by atoms with E-state index in [1.807, 2.05) is 4.90 Å². The molecule has 0 aromatic carbocycles. The standard InChI is InChI=1S/C12H20N2O3/c15-11(7-13-10-2-3-10)14-6-5-9(8-14)1-4-12(16)17/h9-10,13H,1-8H2,(H,16,17). The summed E-state index contributed by atoms with van der Waals surface area (Å²) in [5.41, 5.74) is 0. The van der Waals surface area contributed by atoms with Gasteiger partial charge >= 0.3 is 5.97 Å². The molecule has 2 fully saturated rings. The molecule has 1 atom stereocenters. The lowest BCUT2D eigenvalue weighted by molar-refractivity contribution is -0.137. The SMILES string of the molecule is O=C(O)CCC1CCN(C(=O)CNC2CC2)C1. The summed E-state index contributed by atoms with van der Waals surface area (Å²) in [5, 5.41) is 11.8. The summed E-state index contributed by atoms with van der Waals surface area (Å²) in [6.07, 6.45) is 4.23. The third-order valence-corrected chi connectivity index (χ3v) is 3.52. The molecule has 5 heteroatoms. The Labute approximate surface area is 101 Å². The first-order valence-corrected chi connectivity index (χ1v) is 6.38. The third-order valence-electron chi connectivity index (χ3n) is 3.52. The van der Waals surface area contributed by atoms with Crippen molar-refractivity contribution in [1.82, 2.24) is 10.2 Å². The van der Waals surface area contributed by atoms with Crippen LogP contribution in [0.4, 0.5) is 0 Å². The first-order valence-electron chi connectivity index (χ1n) is 6.38. The molecule has 1 heterocycles. The molecule has 0 aromatic rings. The van der Waals surface area contributed by atoms with Crippen LogP contribution in [0.1, 0.15) is 32.1 Å². The summed E-state index contributed by atoms with van der Waals surface area (Å²) in [4.78, 5) is 24.1. The molecule has 1 aliphatic heterocycles. The number of nitrogens with one attached hydrogen (secondary N) is 1. The van der Waals surface area contributed by atoms with Gasteiger partial charge in [-0.2, -0.15) is 0 Å². The van der Waals surface area contributed by atoms with Crippen molar-refractivity contribution in [3.05, 3.63) is 0 Å². The number of hydrogen-bond donors (Lipinski definition) is 2. The van der Waals surface area contributed by atoms with Crippen LogP contribution in [0, 0.1) is 5.92 Å². The maximum Gasteiger partial charge on any atom is 0.303 e. The number of aliphatic carboxylic acids is 1. The highest BCUT2D eigenvalue weighted by atomic mass is 16.4. The van der Waals surface area contributed by atoms with Gasteiger partial charge in [-0.1, -0.05) is 0 Å². The first kappa shape index (κ1) is 12.4. The van der Waals surface area contributed by atoms with Gasteiger partial charge in [-0.15, -0.1) is 0 Å². The van der Waals surface area contributed by atoms with Crippen LogP contribution in [0.3, 0.4) is 0 Å². The predicted molar refractivity (Wildman–Crippen MR) is 62.6 cm³/mol. The van der Waals surface area contributed by atoms with Crippen molar-refractivity contribution in [3.8, 4) is 0 Å². The van der Waals surface area contributed by atoms with E-state index in [2.05, 4.69) is 5.32 Å². The fraction of sp³-hybridized carbons (Fsp3) is 0.833. The molecule has 5 nitrogen and oxygen atoms in total. The fourth-order valence-electron chi connectivity index (χ4n) is 2.25. The second-order valence-electron chi connectivity index (χ2n) is 5.08. The van der Waals surface area contributed by atoms with Crippen LogP contribution in [0.5, 0.6) is 0 Å². The molecule has 2 N–H and O–H groups in total. The number of carboxylic acid groups (broad SMARTS) is 1. The van der Waals surface area contributed by atoms with Crippen LogP contribution in [0.25, 0.3) is 0 Å². The van der Waals surface area contributed by atoms with Crippen molar-refractivity contribution in [2.45, 2.75) is 38.1 Å².